The predicted molar refractivity (Wildman–Crippen MR) is 68.5 cm³/mol. The highest BCUT2D eigenvalue weighted by Gasteiger charge is 2.38. The standard InChI is InChI=1S/C15H24O2/c1-4-11-7-12-5-6-14(13(8-11)9-12)17-15(16)10(2)3/h11-14H,2,4-9H2,1,3H3. The molecule has 2 saturated carbocycles. The van der Waals surface area contributed by atoms with Gasteiger partial charge >= 0.3 is 5.97 Å². The van der Waals surface area contributed by atoms with Crippen LogP contribution < -0.4 is 0 Å². The van der Waals surface area contributed by atoms with Crippen molar-refractivity contribution in [3.05, 3.63) is 12.2 Å². The first-order valence-electron chi connectivity index (χ1n) is 6.96. The molecule has 2 rings (SSSR count). The van der Waals surface area contributed by atoms with Gasteiger partial charge in [-0.05, 0) is 56.8 Å². The van der Waals surface area contributed by atoms with Crippen LogP contribution in [0.2, 0.25) is 0 Å². The summed E-state index contributed by atoms with van der Waals surface area (Å²) in [5, 5.41) is 0. The van der Waals surface area contributed by atoms with Gasteiger partial charge in [-0.3, -0.25) is 0 Å². The zero-order valence-corrected chi connectivity index (χ0v) is 11.1. The maximum absolute atomic E-state index is 11.6. The molecular formula is C15H24O2. The van der Waals surface area contributed by atoms with Crippen molar-refractivity contribution in [2.75, 3.05) is 0 Å². The molecule has 4 atom stereocenters. The summed E-state index contributed by atoms with van der Waals surface area (Å²) in [7, 11) is 0. The number of carbonyl (C=O) groups is 1. The van der Waals surface area contributed by atoms with Crippen molar-refractivity contribution < 1.29 is 9.53 Å². The smallest absolute Gasteiger partial charge is 0.333 e. The third-order valence-corrected chi connectivity index (χ3v) is 4.51. The van der Waals surface area contributed by atoms with Gasteiger partial charge in [0.1, 0.15) is 6.10 Å². The highest BCUT2D eigenvalue weighted by molar-refractivity contribution is 5.87. The Morgan fingerprint density at radius 2 is 2.06 bits per heavy atom. The fourth-order valence-corrected chi connectivity index (χ4v) is 3.52. The number of carbonyl (C=O) groups excluding carboxylic acids is 1. The largest absolute Gasteiger partial charge is 0.459 e. The van der Waals surface area contributed by atoms with Crippen LogP contribution in [0.5, 0.6) is 0 Å². The van der Waals surface area contributed by atoms with Gasteiger partial charge in [0.05, 0.1) is 0 Å². The van der Waals surface area contributed by atoms with Crippen LogP contribution in [0.15, 0.2) is 12.2 Å². The molecule has 2 aliphatic carbocycles. The average Bonchev–Trinajstić information content (AvgIpc) is 2.32. The average molecular weight is 236 g/mol. The summed E-state index contributed by atoms with van der Waals surface area (Å²) in [6, 6.07) is 0. The lowest BCUT2D eigenvalue weighted by Gasteiger charge is -2.43. The van der Waals surface area contributed by atoms with Crippen LogP contribution in [0.1, 0.15) is 52.4 Å². The summed E-state index contributed by atoms with van der Waals surface area (Å²) in [6.45, 7) is 7.66. The van der Waals surface area contributed by atoms with Crippen molar-refractivity contribution in [2.24, 2.45) is 17.8 Å². The Hall–Kier alpha value is -0.790. The van der Waals surface area contributed by atoms with Crippen molar-refractivity contribution >= 4 is 5.97 Å². The van der Waals surface area contributed by atoms with Gasteiger partial charge in [-0.15, -0.1) is 0 Å². The minimum atomic E-state index is -0.202. The number of hydrogen-bond donors (Lipinski definition) is 0. The Morgan fingerprint density at radius 1 is 1.29 bits per heavy atom. The fraction of sp³-hybridized carbons (Fsp3) is 0.800. The summed E-state index contributed by atoms with van der Waals surface area (Å²) in [5.74, 6) is 2.14. The molecule has 2 fully saturated rings. The van der Waals surface area contributed by atoms with Crippen molar-refractivity contribution in [2.45, 2.75) is 58.5 Å². The van der Waals surface area contributed by atoms with E-state index in [1.807, 2.05) is 0 Å². The first-order valence-corrected chi connectivity index (χ1v) is 6.96. The van der Waals surface area contributed by atoms with Gasteiger partial charge in [0.15, 0.2) is 0 Å². The molecule has 2 aliphatic rings. The summed E-state index contributed by atoms with van der Waals surface area (Å²) >= 11 is 0. The Bertz CT molecular complexity index is 308. The second-order valence-corrected chi connectivity index (χ2v) is 5.91. The van der Waals surface area contributed by atoms with E-state index in [2.05, 4.69) is 13.5 Å². The van der Waals surface area contributed by atoms with E-state index in [0.717, 1.165) is 18.3 Å². The first kappa shape index (κ1) is 12.7. The quantitative estimate of drug-likeness (QED) is 0.551. The number of fused-ring (bicyclic) bond motifs is 2. The monoisotopic (exact) mass is 236 g/mol. The van der Waals surface area contributed by atoms with Crippen LogP contribution in [0.3, 0.4) is 0 Å². The maximum Gasteiger partial charge on any atom is 0.333 e. The van der Waals surface area contributed by atoms with E-state index >= 15 is 0 Å². The molecule has 2 nitrogen and oxygen atoms in total. The van der Waals surface area contributed by atoms with Crippen molar-refractivity contribution in [1.29, 1.82) is 0 Å². The molecule has 0 aromatic rings. The van der Waals surface area contributed by atoms with E-state index < -0.39 is 0 Å². The molecule has 0 saturated heterocycles. The molecule has 17 heavy (non-hydrogen) atoms. The molecule has 0 radical (unpaired) electrons. The van der Waals surface area contributed by atoms with Crippen LogP contribution in [-0.4, -0.2) is 12.1 Å². The van der Waals surface area contributed by atoms with Crippen molar-refractivity contribution in [3.63, 3.8) is 0 Å². The highest BCUT2D eigenvalue weighted by atomic mass is 16.5. The number of ether oxygens (including phenoxy) is 1. The first-order chi connectivity index (χ1) is 8.10. The van der Waals surface area contributed by atoms with Gasteiger partial charge in [0.2, 0.25) is 0 Å². The van der Waals surface area contributed by atoms with Gasteiger partial charge in [0, 0.05) is 5.57 Å². The zero-order valence-electron chi connectivity index (χ0n) is 11.1. The van der Waals surface area contributed by atoms with E-state index in [1.165, 1.54) is 32.1 Å². The molecule has 0 aromatic carbocycles. The molecule has 4 unspecified atom stereocenters. The molecule has 0 heterocycles. The van der Waals surface area contributed by atoms with Gasteiger partial charge < -0.3 is 4.74 Å². The second-order valence-electron chi connectivity index (χ2n) is 5.91. The number of rotatable bonds is 3. The Kier molecular flexibility index (Phi) is 3.90. The normalized spacial score (nSPS) is 36.4. The van der Waals surface area contributed by atoms with Gasteiger partial charge in [-0.2, -0.15) is 0 Å². The SMILES string of the molecule is C=C(C)C(=O)OC1CCC2CC(CC)CC1C2. The lowest BCUT2D eigenvalue weighted by atomic mass is 9.66. The Balaban J connectivity index is 1.95. The Labute approximate surface area is 104 Å². The van der Waals surface area contributed by atoms with Crippen molar-refractivity contribution in [3.8, 4) is 0 Å². The molecular weight excluding hydrogens is 212 g/mol. The fourth-order valence-electron chi connectivity index (χ4n) is 3.52. The zero-order chi connectivity index (χ0) is 12.4. The van der Waals surface area contributed by atoms with Gasteiger partial charge in [0.25, 0.3) is 0 Å². The second kappa shape index (κ2) is 5.24. The number of esters is 1. The van der Waals surface area contributed by atoms with Crippen LogP contribution in [-0.2, 0) is 9.53 Å². The van der Waals surface area contributed by atoms with Gasteiger partial charge in [-0.1, -0.05) is 19.9 Å². The molecule has 2 heteroatoms. The third kappa shape index (κ3) is 2.91. The summed E-state index contributed by atoms with van der Waals surface area (Å²) in [5.41, 5.74) is 0.523. The van der Waals surface area contributed by atoms with E-state index in [0.29, 0.717) is 11.5 Å². The van der Waals surface area contributed by atoms with Crippen LogP contribution in [0, 0.1) is 17.8 Å². The summed E-state index contributed by atoms with van der Waals surface area (Å²) in [4.78, 5) is 11.6. The topological polar surface area (TPSA) is 26.3 Å². The van der Waals surface area contributed by atoms with Crippen LogP contribution >= 0.6 is 0 Å². The molecule has 0 aromatic heterocycles. The number of hydrogen-bond acceptors (Lipinski definition) is 2. The maximum atomic E-state index is 11.6. The molecule has 0 spiro atoms. The lowest BCUT2D eigenvalue weighted by Crippen LogP contribution is -2.38. The predicted octanol–water partition coefficient (Wildman–Crippen LogP) is 3.71. The minimum Gasteiger partial charge on any atom is -0.459 e. The minimum absolute atomic E-state index is 0.157. The van der Waals surface area contributed by atoms with E-state index in [-0.39, 0.29) is 12.1 Å². The molecule has 96 valence electrons. The van der Waals surface area contributed by atoms with E-state index in [4.69, 9.17) is 4.74 Å². The highest BCUT2D eigenvalue weighted by Crippen LogP contribution is 2.44. The van der Waals surface area contributed by atoms with Crippen LogP contribution in [0.25, 0.3) is 0 Å². The van der Waals surface area contributed by atoms with Crippen LogP contribution in [0.4, 0.5) is 0 Å². The molecule has 0 amide bonds. The Morgan fingerprint density at radius 3 is 2.71 bits per heavy atom. The lowest BCUT2D eigenvalue weighted by molar-refractivity contribution is -0.151. The molecule has 2 bridgehead atoms. The third-order valence-electron chi connectivity index (χ3n) is 4.51. The van der Waals surface area contributed by atoms with E-state index in [9.17, 15) is 4.79 Å². The molecule has 0 N–H and O–H groups in total. The van der Waals surface area contributed by atoms with Gasteiger partial charge in [-0.25, -0.2) is 4.79 Å². The van der Waals surface area contributed by atoms with E-state index in [1.54, 1.807) is 6.92 Å². The summed E-state index contributed by atoms with van der Waals surface area (Å²) in [6.07, 6.45) is 7.64. The summed E-state index contributed by atoms with van der Waals surface area (Å²) < 4.78 is 5.59. The van der Waals surface area contributed by atoms with Crippen molar-refractivity contribution in [1.82, 2.24) is 0 Å². The molecule has 0 aliphatic heterocycles.